The number of rotatable bonds is 6. The molecule has 2 aromatic heterocycles. The molecule has 0 saturated heterocycles. The van der Waals surface area contributed by atoms with E-state index in [2.05, 4.69) is 38.7 Å². The van der Waals surface area contributed by atoms with E-state index in [1.807, 2.05) is 18.6 Å². The number of aromatic nitrogens is 4. The molecule has 0 aliphatic rings. The molecule has 102 valence electrons. The van der Waals surface area contributed by atoms with E-state index in [9.17, 15) is 0 Å². The Bertz CT molecular complexity index is 559. The lowest BCUT2D eigenvalue weighted by molar-refractivity contribution is 0.659. The van der Waals surface area contributed by atoms with Gasteiger partial charge in [0.1, 0.15) is 16.3 Å². The second kappa shape index (κ2) is 6.47. The first kappa shape index (κ1) is 13.7. The van der Waals surface area contributed by atoms with Crippen molar-refractivity contribution in [3.63, 3.8) is 0 Å². The number of aryl methyl sites for hydroxylation is 1. The van der Waals surface area contributed by atoms with E-state index in [4.69, 9.17) is 12.2 Å². The number of aromatic amines is 1. The van der Waals surface area contributed by atoms with Crippen molar-refractivity contribution in [2.24, 2.45) is 0 Å². The summed E-state index contributed by atoms with van der Waals surface area (Å²) in [5.74, 6) is 2.20. The molecule has 2 rings (SSSR count). The molecule has 0 fully saturated rings. The van der Waals surface area contributed by atoms with Gasteiger partial charge in [-0.2, -0.15) is 0 Å². The minimum absolute atomic E-state index is 0.342. The van der Waals surface area contributed by atoms with E-state index in [1.165, 1.54) is 0 Å². The van der Waals surface area contributed by atoms with Gasteiger partial charge in [-0.15, -0.1) is 0 Å². The van der Waals surface area contributed by atoms with Crippen LogP contribution < -0.4 is 5.32 Å². The zero-order chi connectivity index (χ0) is 13.7. The van der Waals surface area contributed by atoms with Crippen LogP contribution >= 0.6 is 12.2 Å². The van der Waals surface area contributed by atoms with Crippen molar-refractivity contribution in [2.75, 3.05) is 11.9 Å². The van der Waals surface area contributed by atoms with Crippen LogP contribution in [0.2, 0.25) is 0 Å². The highest BCUT2D eigenvalue weighted by Gasteiger charge is 2.03. The molecule has 0 radical (unpaired) electrons. The maximum Gasteiger partial charge on any atom is 0.131 e. The Labute approximate surface area is 118 Å². The minimum atomic E-state index is 0.342. The van der Waals surface area contributed by atoms with Crippen molar-refractivity contribution in [1.82, 2.24) is 19.5 Å². The molecule has 0 saturated carbocycles. The molecular weight excluding hydrogens is 258 g/mol. The van der Waals surface area contributed by atoms with Crippen LogP contribution in [-0.2, 0) is 6.54 Å². The number of hydrogen-bond donors (Lipinski definition) is 2. The van der Waals surface area contributed by atoms with Gasteiger partial charge in [0.15, 0.2) is 0 Å². The predicted molar refractivity (Wildman–Crippen MR) is 78.8 cm³/mol. The van der Waals surface area contributed by atoms with Crippen LogP contribution in [0.4, 0.5) is 5.82 Å². The quantitative estimate of drug-likeness (QED) is 0.629. The molecule has 0 aliphatic heterocycles. The standard InChI is InChI=1S/C13H19N5S/c1-10(2)13-16-11(8-12(19)17-13)15-4-3-6-18-7-5-14-9-18/h5,7-10H,3-4,6H2,1-2H3,(H2,15,16,17,19). The van der Waals surface area contributed by atoms with Crippen LogP contribution in [0.25, 0.3) is 0 Å². The van der Waals surface area contributed by atoms with Crippen molar-refractivity contribution in [3.8, 4) is 0 Å². The number of nitrogens with one attached hydrogen (secondary N) is 2. The summed E-state index contributed by atoms with van der Waals surface area (Å²) < 4.78 is 2.69. The summed E-state index contributed by atoms with van der Waals surface area (Å²) in [4.78, 5) is 11.6. The Morgan fingerprint density at radius 3 is 3.00 bits per heavy atom. The summed E-state index contributed by atoms with van der Waals surface area (Å²) >= 11 is 5.17. The number of H-pyrrole nitrogens is 1. The zero-order valence-corrected chi connectivity index (χ0v) is 12.1. The molecule has 0 amide bonds. The molecule has 0 aromatic carbocycles. The highest BCUT2D eigenvalue weighted by molar-refractivity contribution is 7.71. The summed E-state index contributed by atoms with van der Waals surface area (Å²) in [5, 5.41) is 3.35. The second-order valence-corrected chi connectivity index (χ2v) is 5.17. The lowest BCUT2D eigenvalue weighted by Gasteiger charge is -2.10. The van der Waals surface area contributed by atoms with Gasteiger partial charge in [0.25, 0.3) is 0 Å². The van der Waals surface area contributed by atoms with Crippen LogP contribution in [0.5, 0.6) is 0 Å². The van der Waals surface area contributed by atoms with Crippen LogP contribution in [0, 0.1) is 4.64 Å². The van der Waals surface area contributed by atoms with Gasteiger partial charge in [0, 0.05) is 37.5 Å². The zero-order valence-electron chi connectivity index (χ0n) is 11.3. The molecule has 2 heterocycles. The Morgan fingerprint density at radius 2 is 2.32 bits per heavy atom. The molecule has 0 spiro atoms. The van der Waals surface area contributed by atoms with Gasteiger partial charge in [-0.25, -0.2) is 9.97 Å². The average molecular weight is 277 g/mol. The van der Waals surface area contributed by atoms with E-state index in [-0.39, 0.29) is 0 Å². The van der Waals surface area contributed by atoms with E-state index in [0.29, 0.717) is 10.6 Å². The molecule has 2 N–H and O–H groups in total. The summed E-state index contributed by atoms with van der Waals surface area (Å²) in [6.45, 7) is 6.02. The third-order valence-corrected chi connectivity index (χ3v) is 2.98. The molecule has 0 bridgehead atoms. The molecule has 2 aromatic rings. The fourth-order valence-corrected chi connectivity index (χ4v) is 1.97. The van der Waals surface area contributed by atoms with Crippen LogP contribution in [0.3, 0.4) is 0 Å². The Morgan fingerprint density at radius 1 is 1.47 bits per heavy atom. The predicted octanol–water partition coefficient (Wildman–Crippen LogP) is 2.96. The highest BCUT2D eigenvalue weighted by atomic mass is 32.1. The molecule has 0 unspecified atom stereocenters. The summed E-state index contributed by atoms with van der Waals surface area (Å²) in [7, 11) is 0. The lowest BCUT2D eigenvalue weighted by Crippen LogP contribution is -2.09. The monoisotopic (exact) mass is 277 g/mol. The molecule has 5 nitrogen and oxygen atoms in total. The van der Waals surface area contributed by atoms with Gasteiger partial charge >= 0.3 is 0 Å². The van der Waals surface area contributed by atoms with Crippen molar-refractivity contribution in [3.05, 3.63) is 35.3 Å². The summed E-state index contributed by atoms with van der Waals surface area (Å²) in [5.41, 5.74) is 0. The van der Waals surface area contributed by atoms with E-state index in [0.717, 1.165) is 31.2 Å². The first-order chi connectivity index (χ1) is 9.15. The van der Waals surface area contributed by atoms with Gasteiger partial charge in [-0.1, -0.05) is 26.1 Å². The van der Waals surface area contributed by atoms with Gasteiger partial charge in [0.2, 0.25) is 0 Å². The Hall–Kier alpha value is -1.69. The smallest absolute Gasteiger partial charge is 0.131 e. The second-order valence-electron chi connectivity index (χ2n) is 4.75. The number of anilines is 1. The van der Waals surface area contributed by atoms with Crippen LogP contribution in [-0.4, -0.2) is 26.1 Å². The molecule has 6 heteroatoms. The van der Waals surface area contributed by atoms with Gasteiger partial charge in [0.05, 0.1) is 6.33 Å². The lowest BCUT2D eigenvalue weighted by atomic mass is 10.2. The topological polar surface area (TPSA) is 58.5 Å². The summed E-state index contributed by atoms with van der Waals surface area (Å²) in [6.07, 6.45) is 6.62. The van der Waals surface area contributed by atoms with Crippen LogP contribution in [0.1, 0.15) is 32.0 Å². The van der Waals surface area contributed by atoms with Crippen molar-refractivity contribution in [2.45, 2.75) is 32.7 Å². The first-order valence-electron chi connectivity index (χ1n) is 6.46. The molecule has 0 aliphatic carbocycles. The molecule has 0 atom stereocenters. The first-order valence-corrected chi connectivity index (χ1v) is 6.87. The average Bonchev–Trinajstić information content (AvgIpc) is 2.87. The van der Waals surface area contributed by atoms with Gasteiger partial charge in [-0.3, -0.25) is 0 Å². The molecular formula is C13H19N5S. The van der Waals surface area contributed by atoms with Crippen molar-refractivity contribution < 1.29 is 0 Å². The van der Waals surface area contributed by atoms with Crippen LogP contribution in [0.15, 0.2) is 24.8 Å². The number of nitrogens with zero attached hydrogens (tertiary/aromatic N) is 3. The van der Waals surface area contributed by atoms with Gasteiger partial charge in [-0.05, 0) is 6.42 Å². The number of imidazole rings is 1. The normalized spacial score (nSPS) is 10.9. The highest BCUT2D eigenvalue weighted by Crippen LogP contribution is 2.12. The SMILES string of the molecule is CC(C)c1nc(=S)cc(NCCCn2ccnc2)[nH]1. The maximum absolute atomic E-state index is 5.17. The number of hydrogen-bond acceptors (Lipinski definition) is 4. The third-order valence-electron chi connectivity index (χ3n) is 2.78. The fraction of sp³-hybridized carbons (Fsp3) is 0.462. The van der Waals surface area contributed by atoms with Crippen molar-refractivity contribution >= 4 is 18.0 Å². The Kier molecular flexibility index (Phi) is 4.68. The van der Waals surface area contributed by atoms with E-state index >= 15 is 0 Å². The maximum atomic E-state index is 5.17. The summed E-state index contributed by atoms with van der Waals surface area (Å²) in [6, 6.07) is 1.86. The van der Waals surface area contributed by atoms with Crippen molar-refractivity contribution in [1.29, 1.82) is 0 Å². The Balaban J connectivity index is 1.87. The van der Waals surface area contributed by atoms with E-state index in [1.54, 1.807) is 6.20 Å². The minimum Gasteiger partial charge on any atom is -0.371 e. The third kappa shape index (κ3) is 4.17. The fourth-order valence-electron chi connectivity index (χ4n) is 1.75. The van der Waals surface area contributed by atoms with E-state index < -0.39 is 0 Å². The molecule has 19 heavy (non-hydrogen) atoms. The largest absolute Gasteiger partial charge is 0.371 e. The van der Waals surface area contributed by atoms with Gasteiger partial charge < -0.3 is 14.9 Å².